The monoisotopic (exact) mass is 277 g/mol. The number of non-ortho nitro benzene ring substituents is 1. The standard InChI is InChI=1S/C12H11N3O3S/c1-2-11-13-7-10(19-11)12(16)14-8-4-3-5-9(6-8)15(17)18/h3-7H,2H2,1H3,(H,14,16). The predicted molar refractivity (Wildman–Crippen MR) is 72.5 cm³/mol. The molecule has 0 saturated carbocycles. The first-order valence-corrected chi connectivity index (χ1v) is 6.42. The number of aryl methyl sites for hydroxylation is 1. The fraction of sp³-hybridized carbons (Fsp3) is 0.167. The molecule has 7 heteroatoms. The number of thiazole rings is 1. The molecule has 0 aliphatic rings. The van der Waals surface area contributed by atoms with E-state index in [2.05, 4.69) is 10.3 Å². The van der Waals surface area contributed by atoms with Gasteiger partial charge in [0.25, 0.3) is 11.6 Å². The summed E-state index contributed by atoms with van der Waals surface area (Å²) in [6.07, 6.45) is 2.28. The maximum absolute atomic E-state index is 11.9. The number of hydrogen-bond donors (Lipinski definition) is 1. The number of carbonyl (C=O) groups is 1. The van der Waals surface area contributed by atoms with Gasteiger partial charge in [-0.3, -0.25) is 14.9 Å². The summed E-state index contributed by atoms with van der Waals surface area (Å²) in [5.41, 5.74) is 0.335. The van der Waals surface area contributed by atoms with E-state index in [9.17, 15) is 14.9 Å². The number of rotatable bonds is 4. The molecular formula is C12H11N3O3S. The van der Waals surface area contributed by atoms with E-state index in [0.29, 0.717) is 10.6 Å². The van der Waals surface area contributed by atoms with E-state index in [-0.39, 0.29) is 11.6 Å². The van der Waals surface area contributed by atoms with E-state index in [1.165, 1.54) is 35.7 Å². The molecule has 0 saturated heterocycles. The Hall–Kier alpha value is -2.28. The Morgan fingerprint density at radius 2 is 2.32 bits per heavy atom. The smallest absolute Gasteiger partial charge is 0.271 e. The van der Waals surface area contributed by atoms with E-state index in [4.69, 9.17) is 0 Å². The molecule has 1 amide bonds. The Morgan fingerprint density at radius 3 is 2.95 bits per heavy atom. The van der Waals surface area contributed by atoms with Gasteiger partial charge in [-0.1, -0.05) is 13.0 Å². The summed E-state index contributed by atoms with van der Waals surface area (Å²) in [5.74, 6) is -0.308. The van der Waals surface area contributed by atoms with Gasteiger partial charge in [0, 0.05) is 17.8 Å². The number of nitro benzene ring substituents is 1. The average molecular weight is 277 g/mol. The Kier molecular flexibility index (Phi) is 3.86. The van der Waals surface area contributed by atoms with Gasteiger partial charge in [0.2, 0.25) is 0 Å². The Bertz CT molecular complexity index is 624. The van der Waals surface area contributed by atoms with Crippen molar-refractivity contribution in [3.8, 4) is 0 Å². The van der Waals surface area contributed by atoms with E-state index >= 15 is 0 Å². The number of carbonyl (C=O) groups excluding carboxylic acids is 1. The zero-order valence-corrected chi connectivity index (χ0v) is 10.9. The number of nitrogens with one attached hydrogen (secondary N) is 1. The van der Waals surface area contributed by atoms with Crippen molar-refractivity contribution in [1.82, 2.24) is 4.98 Å². The molecule has 0 atom stereocenters. The van der Waals surface area contributed by atoms with Gasteiger partial charge in [0.1, 0.15) is 4.88 Å². The minimum absolute atomic E-state index is 0.0589. The highest BCUT2D eigenvalue weighted by molar-refractivity contribution is 7.13. The summed E-state index contributed by atoms with van der Waals surface area (Å²) in [6, 6.07) is 5.82. The van der Waals surface area contributed by atoms with Crippen LogP contribution in [0.2, 0.25) is 0 Å². The lowest BCUT2D eigenvalue weighted by molar-refractivity contribution is -0.384. The van der Waals surface area contributed by atoms with Crippen LogP contribution in [0.25, 0.3) is 0 Å². The van der Waals surface area contributed by atoms with Crippen molar-refractivity contribution in [2.45, 2.75) is 13.3 Å². The summed E-state index contributed by atoms with van der Waals surface area (Å²) < 4.78 is 0. The van der Waals surface area contributed by atoms with Crippen LogP contribution in [0, 0.1) is 10.1 Å². The molecule has 98 valence electrons. The molecule has 6 nitrogen and oxygen atoms in total. The highest BCUT2D eigenvalue weighted by Gasteiger charge is 2.12. The van der Waals surface area contributed by atoms with Gasteiger partial charge in [0.15, 0.2) is 0 Å². The molecular weight excluding hydrogens is 266 g/mol. The number of nitro groups is 1. The zero-order chi connectivity index (χ0) is 13.8. The Labute approximate surface area is 113 Å². The SMILES string of the molecule is CCc1ncc(C(=O)Nc2cccc([N+](=O)[O-])c2)s1. The summed E-state index contributed by atoms with van der Waals surface area (Å²) in [5, 5.41) is 14.1. The Morgan fingerprint density at radius 1 is 1.53 bits per heavy atom. The van der Waals surface area contributed by atoms with Crippen molar-refractivity contribution in [1.29, 1.82) is 0 Å². The molecule has 0 radical (unpaired) electrons. The molecule has 1 aromatic heterocycles. The average Bonchev–Trinajstić information content (AvgIpc) is 2.88. The van der Waals surface area contributed by atoms with Gasteiger partial charge >= 0.3 is 0 Å². The second-order valence-electron chi connectivity index (χ2n) is 3.73. The summed E-state index contributed by atoms with van der Waals surface area (Å²) >= 11 is 1.31. The van der Waals surface area contributed by atoms with E-state index in [1.807, 2.05) is 6.92 Å². The van der Waals surface area contributed by atoms with Gasteiger partial charge in [0.05, 0.1) is 16.1 Å². The van der Waals surface area contributed by atoms with Crippen LogP contribution in [-0.2, 0) is 6.42 Å². The lowest BCUT2D eigenvalue weighted by Crippen LogP contribution is -2.10. The van der Waals surface area contributed by atoms with E-state index in [0.717, 1.165) is 11.4 Å². The number of amides is 1. The second-order valence-corrected chi connectivity index (χ2v) is 4.85. The third-order valence-corrected chi connectivity index (χ3v) is 3.54. The molecule has 0 unspecified atom stereocenters. The van der Waals surface area contributed by atoms with E-state index in [1.54, 1.807) is 6.07 Å². The first-order chi connectivity index (χ1) is 9.10. The first kappa shape index (κ1) is 13.2. The maximum Gasteiger partial charge on any atom is 0.271 e. The molecule has 1 aromatic carbocycles. The van der Waals surface area contributed by atoms with Gasteiger partial charge < -0.3 is 5.32 Å². The highest BCUT2D eigenvalue weighted by Crippen LogP contribution is 2.19. The maximum atomic E-state index is 11.9. The topological polar surface area (TPSA) is 85.1 Å². The normalized spacial score (nSPS) is 10.2. The van der Waals surface area contributed by atoms with Crippen LogP contribution in [-0.4, -0.2) is 15.8 Å². The lowest BCUT2D eigenvalue weighted by atomic mass is 10.3. The predicted octanol–water partition coefficient (Wildman–Crippen LogP) is 2.87. The summed E-state index contributed by atoms with van der Waals surface area (Å²) in [6.45, 7) is 1.96. The molecule has 2 rings (SSSR count). The largest absolute Gasteiger partial charge is 0.321 e. The van der Waals surface area contributed by atoms with Gasteiger partial charge in [-0.15, -0.1) is 11.3 Å². The van der Waals surface area contributed by atoms with Gasteiger partial charge in [-0.2, -0.15) is 0 Å². The third-order valence-electron chi connectivity index (χ3n) is 2.39. The molecule has 0 fully saturated rings. The van der Waals surface area contributed by atoms with Crippen LogP contribution >= 0.6 is 11.3 Å². The number of nitrogens with zero attached hydrogens (tertiary/aromatic N) is 2. The minimum atomic E-state index is -0.502. The molecule has 19 heavy (non-hydrogen) atoms. The zero-order valence-electron chi connectivity index (χ0n) is 10.1. The number of anilines is 1. The summed E-state index contributed by atoms with van der Waals surface area (Å²) in [4.78, 5) is 26.6. The first-order valence-electron chi connectivity index (χ1n) is 5.60. The molecule has 1 N–H and O–H groups in total. The van der Waals surface area contributed by atoms with Gasteiger partial charge in [-0.05, 0) is 12.5 Å². The molecule has 0 bridgehead atoms. The van der Waals surface area contributed by atoms with E-state index < -0.39 is 4.92 Å². The lowest BCUT2D eigenvalue weighted by Gasteiger charge is -2.02. The number of benzene rings is 1. The minimum Gasteiger partial charge on any atom is -0.321 e. The fourth-order valence-corrected chi connectivity index (χ4v) is 2.22. The fourth-order valence-electron chi connectivity index (χ4n) is 1.47. The van der Waals surface area contributed by atoms with Crippen molar-refractivity contribution < 1.29 is 9.72 Å². The van der Waals surface area contributed by atoms with Crippen LogP contribution in [0.1, 0.15) is 21.6 Å². The highest BCUT2D eigenvalue weighted by atomic mass is 32.1. The Balaban J connectivity index is 2.14. The van der Waals surface area contributed by atoms with Gasteiger partial charge in [-0.25, -0.2) is 4.98 Å². The molecule has 0 aliphatic carbocycles. The van der Waals surface area contributed by atoms with Crippen molar-refractivity contribution in [2.75, 3.05) is 5.32 Å². The molecule has 0 spiro atoms. The van der Waals surface area contributed by atoms with Crippen LogP contribution in [0.15, 0.2) is 30.5 Å². The quantitative estimate of drug-likeness (QED) is 0.687. The van der Waals surface area contributed by atoms with Crippen molar-refractivity contribution in [3.63, 3.8) is 0 Å². The van der Waals surface area contributed by atoms with Crippen LogP contribution < -0.4 is 5.32 Å². The van der Waals surface area contributed by atoms with Crippen molar-refractivity contribution in [3.05, 3.63) is 50.5 Å². The van der Waals surface area contributed by atoms with Crippen LogP contribution in [0.4, 0.5) is 11.4 Å². The van der Waals surface area contributed by atoms with Crippen LogP contribution in [0.3, 0.4) is 0 Å². The number of hydrogen-bond acceptors (Lipinski definition) is 5. The number of aromatic nitrogens is 1. The molecule has 2 aromatic rings. The second kappa shape index (κ2) is 5.57. The third kappa shape index (κ3) is 3.14. The molecule has 0 aliphatic heterocycles. The van der Waals surface area contributed by atoms with Crippen LogP contribution in [0.5, 0.6) is 0 Å². The molecule has 1 heterocycles. The summed E-state index contributed by atoms with van der Waals surface area (Å²) in [7, 11) is 0. The van der Waals surface area contributed by atoms with Crippen molar-refractivity contribution >= 4 is 28.6 Å². The van der Waals surface area contributed by atoms with Crippen molar-refractivity contribution in [2.24, 2.45) is 0 Å².